The van der Waals surface area contributed by atoms with E-state index in [4.69, 9.17) is 9.97 Å². The molecular formula is C36H46Cl3FeN4. The van der Waals surface area contributed by atoms with Crippen molar-refractivity contribution in [3.05, 3.63) is 68.8 Å². The van der Waals surface area contributed by atoms with Gasteiger partial charge in [0.15, 0.2) is 0 Å². The maximum Gasteiger partial charge on any atom is 3.00 e. The Morgan fingerprint density at radius 1 is 0.591 bits per heavy atom. The van der Waals surface area contributed by atoms with E-state index in [1.807, 2.05) is 0 Å². The zero-order valence-electron chi connectivity index (χ0n) is 27.4. The van der Waals surface area contributed by atoms with Crippen LogP contribution < -0.4 is 37.2 Å². The molecule has 0 spiro atoms. The second kappa shape index (κ2) is 17.1. The Labute approximate surface area is 293 Å². The van der Waals surface area contributed by atoms with Gasteiger partial charge in [-0.05, 0) is 110 Å². The van der Waals surface area contributed by atoms with Gasteiger partial charge in [-0.15, -0.1) is 0 Å². The van der Waals surface area contributed by atoms with Crippen molar-refractivity contribution in [2.75, 3.05) is 0 Å². The van der Waals surface area contributed by atoms with Crippen LogP contribution in [0.3, 0.4) is 0 Å². The van der Waals surface area contributed by atoms with E-state index >= 15 is 0 Å². The van der Waals surface area contributed by atoms with Gasteiger partial charge in [-0.2, -0.15) is 0 Å². The molecular weight excluding hydrogens is 651 g/mol. The first kappa shape index (κ1) is 40.0. The molecule has 4 nitrogen and oxygen atoms in total. The third kappa shape index (κ3) is 6.74. The van der Waals surface area contributed by atoms with Crippen molar-refractivity contribution in [1.82, 2.24) is 19.5 Å². The molecule has 2 aliphatic heterocycles. The number of nitrogens with zero attached hydrogens (tertiary/aromatic N) is 3. The summed E-state index contributed by atoms with van der Waals surface area (Å²) in [6.45, 7) is 19.2. The van der Waals surface area contributed by atoms with Gasteiger partial charge in [0.1, 0.15) is 0 Å². The first-order chi connectivity index (χ1) is 19.5. The molecule has 0 saturated carbocycles. The monoisotopic (exact) mass is 695 g/mol. The Balaban J connectivity index is 0.00000242. The van der Waals surface area contributed by atoms with Crippen LogP contribution in [0.1, 0.15) is 119 Å². The van der Waals surface area contributed by atoms with Crippen molar-refractivity contribution < 1.29 is 54.3 Å². The molecule has 239 valence electrons. The maximum atomic E-state index is 5.61. The minimum atomic E-state index is 0. The fourth-order valence-electron chi connectivity index (χ4n) is 7.06. The van der Waals surface area contributed by atoms with Gasteiger partial charge in [0.2, 0.25) is 0 Å². The Kier molecular flexibility index (Phi) is 15.5. The molecule has 0 aliphatic carbocycles. The van der Waals surface area contributed by atoms with Gasteiger partial charge in [0.25, 0.3) is 0 Å². The summed E-state index contributed by atoms with van der Waals surface area (Å²) in [5, 5.41) is 0. The molecule has 1 radical (unpaired) electrons. The van der Waals surface area contributed by atoms with Gasteiger partial charge in [0.05, 0.1) is 28.3 Å². The molecule has 0 atom stereocenters. The second-order valence-corrected chi connectivity index (χ2v) is 10.8. The average Bonchev–Trinajstić information content (AvgIpc) is 3.73. The fraction of sp³-hybridized carbons (Fsp3) is 0.444. The molecule has 44 heavy (non-hydrogen) atoms. The smallest absolute Gasteiger partial charge is 1.00 e. The molecule has 0 aromatic carbocycles. The van der Waals surface area contributed by atoms with Gasteiger partial charge in [0, 0.05) is 34.2 Å². The Hall–Kier alpha value is -2.01. The summed E-state index contributed by atoms with van der Waals surface area (Å²) in [6, 6.07) is 6.80. The molecule has 5 rings (SSSR count). The van der Waals surface area contributed by atoms with Gasteiger partial charge >= 0.3 is 17.1 Å². The normalized spacial score (nSPS) is 11.9. The zero-order valence-corrected chi connectivity index (χ0v) is 30.7. The molecule has 5 heterocycles. The number of rotatable bonds is 8. The van der Waals surface area contributed by atoms with Gasteiger partial charge < -0.3 is 46.8 Å². The van der Waals surface area contributed by atoms with E-state index in [0.717, 1.165) is 68.4 Å². The summed E-state index contributed by atoms with van der Waals surface area (Å²) < 4.78 is 2.55. The summed E-state index contributed by atoms with van der Waals surface area (Å²) >= 11 is 0. The van der Waals surface area contributed by atoms with Crippen molar-refractivity contribution >= 4 is 45.4 Å². The van der Waals surface area contributed by atoms with E-state index < -0.39 is 0 Å². The second-order valence-electron chi connectivity index (χ2n) is 10.8. The minimum absolute atomic E-state index is 0. The Morgan fingerprint density at radius 2 is 1.14 bits per heavy atom. The van der Waals surface area contributed by atoms with Crippen molar-refractivity contribution in [3.63, 3.8) is 0 Å². The van der Waals surface area contributed by atoms with Crippen LogP contribution >= 0.6 is 0 Å². The van der Waals surface area contributed by atoms with Gasteiger partial charge in [-0.25, -0.2) is 9.97 Å². The van der Waals surface area contributed by atoms with Crippen LogP contribution in [0.2, 0.25) is 0 Å². The first-order valence-electron chi connectivity index (χ1n) is 15.7. The number of aryl methyl sites for hydroxylation is 6. The van der Waals surface area contributed by atoms with Gasteiger partial charge in [-0.1, -0.05) is 48.5 Å². The standard InChI is InChI=1S/C36H46N4.3ClH.Fe/c1-9-22-19-25-20-23-17-18-24(37-23)21-32-26(10-2)29(13-5)36(40(32)16-8)31(15-7)35-28(12-4)27(11-3)34(39-35)30(14-6)33(22)38-25;;;;/h17-21,38H,9-16H2,1-8H3;3*1H;/q;;;;+3/p-3. The molecule has 0 unspecified atom stereocenters. The number of hydrogen-bond donors (Lipinski definition) is 1. The zero-order chi connectivity index (χ0) is 28.6. The Morgan fingerprint density at radius 3 is 1.64 bits per heavy atom. The third-order valence-corrected chi connectivity index (χ3v) is 8.85. The molecule has 8 bridgehead atoms. The first-order valence-corrected chi connectivity index (χ1v) is 15.7. The number of nitrogens with one attached hydrogen (secondary N) is 1. The summed E-state index contributed by atoms with van der Waals surface area (Å²) in [5.41, 5.74) is 19.3. The number of hydrogen-bond acceptors (Lipinski definition) is 2. The average molecular weight is 697 g/mol. The van der Waals surface area contributed by atoms with Crippen LogP contribution in [0.5, 0.6) is 0 Å². The van der Waals surface area contributed by atoms with Crippen molar-refractivity contribution in [1.29, 1.82) is 0 Å². The van der Waals surface area contributed by atoms with E-state index in [1.54, 1.807) is 0 Å². The molecule has 0 fully saturated rings. The minimum Gasteiger partial charge on any atom is -1.00 e. The van der Waals surface area contributed by atoms with E-state index in [1.165, 1.54) is 66.9 Å². The molecule has 3 aromatic heterocycles. The van der Waals surface area contributed by atoms with E-state index in [-0.39, 0.29) is 54.3 Å². The number of allylic oxidation sites excluding steroid dienone is 2. The summed E-state index contributed by atoms with van der Waals surface area (Å²) in [4.78, 5) is 14.4. The summed E-state index contributed by atoms with van der Waals surface area (Å²) in [7, 11) is 0. The van der Waals surface area contributed by atoms with Crippen LogP contribution in [-0.2, 0) is 55.7 Å². The van der Waals surface area contributed by atoms with Crippen LogP contribution in [-0.4, -0.2) is 19.5 Å². The summed E-state index contributed by atoms with van der Waals surface area (Å²) in [6.07, 6.45) is 11.2. The van der Waals surface area contributed by atoms with E-state index in [9.17, 15) is 0 Å². The number of halogens is 3. The van der Waals surface area contributed by atoms with Crippen LogP contribution in [0, 0.1) is 0 Å². The van der Waals surface area contributed by atoms with Crippen molar-refractivity contribution in [2.45, 2.75) is 107 Å². The number of aromatic amines is 1. The number of fused-ring (bicyclic) bond motifs is 8. The number of H-pyrrole nitrogens is 1. The predicted octanol–water partition coefficient (Wildman–Crippen LogP) is 0.531. The molecule has 1 N–H and O–H groups in total. The topological polar surface area (TPSA) is 46.5 Å². The number of aromatic nitrogens is 4. The molecule has 2 aliphatic rings. The van der Waals surface area contributed by atoms with Crippen LogP contribution in [0.15, 0.2) is 18.2 Å². The fourth-order valence-corrected chi connectivity index (χ4v) is 7.06. The molecule has 8 heteroatoms. The van der Waals surface area contributed by atoms with Crippen LogP contribution in [0.25, 0.3) is 45.4 Å². The van der Waals surface area contributed by atoms with Gasteiger partial charge in [-0.3, -0.25) is 0 Å². The maximum absolute atomic E-state index is 5.61. The molecule has 0 amide bonds. The van der Waals surface area contributed by atoms with Crippen molar-refractivity contribution in [2.24, 2.45) is 0 Å². The predicted molar refractivity (Wildman–Crippen MR) is 174 cm³/mol. The van der Waals surface area contributed by atoms with E-state index in [2.05, 4.69) is 95.3 Å². The SMILES string of the molecule is CCC1=C(CC)c2nc1c(CC)c1[nH]c(cc3nc(cc4c(CC)c(CC)c(c2CC)n4CC)C=C3)cc1CC.[Cl-].[Cl-].[Cl-].[Fe+3]. The quantitative estimate of drug-likeness (QED) is 0.274. The van der Waals surface area contributed by atoms with Crippen LogP contribution in [0.4, 0.5) is 0 Å². The molecule has 3 aromatic rings. The Bertz CT molecular complexity index is 1700. The van der Waals surface area contributed by atoms with Crippen molar-refractivity contribution in [3.8, 4) is 0 Å². The largest absolute Gasteiger partial charge is 3.00 e. The molecule has 0 saturated heterocycles. The third-order valence-electron chi connectivity index (χ3n) is 8.85. The summed E-state index contributed by atoms with van der Waals surface area (Å²) in [5.74, 6) is 0. The van der Waals surface area contributed by atoms with E-state index in [0.29, 0.717) is 0 Å².